The van der Waals surface area contributed by atoms with Gasteiger partial charge in [-0.2, -0.15) is 0 Å². The molecule has 0 saturated heterocycles. The highest BCUT2D eigenvalue weighted by Crippen LogP contribution is 2.22. The van der Waals surface area contributed by atoms with E-state index in [0.29, 0.717) is 12.1 Å². The Morgan fingerprint density at radius 2 is 1.79 bits per heavy atom. The van der Waals surface area contributed by atoms with Crippen LogP contribution in [0.4, 0.5) is 13.2 Å². The molecular weight excluding hydrogens is 261 g/mol. The van der Waals surface area contributed by atoms with Crippen molar-refractivity contribution in [1.29, 1.82) is 0 Å². The molecule has 0 aliphatic carbocycles. The van der Waals surface area contributed by atoms with Crippen LogP contribution in [0, 0.1) is 0 Å². The summed E-state index contributed by atoms with van der Waals surface area (Å²) in [6.45, 7) is 3.55. The third-order valence-corrected chi connectivity index (χ3v) is 2.51. The summed E-state index contributed by atoms with van der Waals surface area (Å²) in [6.07, 6.45) is -4.70. The Labute approximate surface area is 108 Å². The first-order valence-corrected chi connectivity index (χ1v) is 5.50. The van der Waals surface area contributed by atoms with Crippen molar-refractivity contribution in [1.82, 2.24) is 5.32 Å². The highest BCUT2D eigenvalue weighted by Gasteiger charge is 2.31. The predicted molar refractivity (Wildman–Crippen MR) is 63.2 cm³/mol. The minimum absolute atomic E-state index is 0.287. The van der Waals surface area contributed by atoms with Gasteiger partial charge < -0.3 is 10.5 Å². The Kier molecular flexibility index (Phi) is 4.41. The zero-order valence-electron chi connectivity index (χ0n) is 10.5. The third kappa shape index (κ3) is 5.17. The maximum Gasteiger partial charge on any atom is 0.573 e. The van der Waals surface area contributed by atoms with Crippen LogP contribution in [0.15, 0.2) is 24.3 Å². The minimum atomic E-state index is -4.70. The second-order valence-electron chi connectivity index (χ2n) is 4.53. The monoisotopic (exact) mass is 276 g/mol. The number of rotatable bonds is 5. The van der Waals surface area contributed by atoms with Gasteiger partial charge in [0, 0.05) is 6.54 Å². The number of carbonyl (C=O) groups excluding carboxylic acids is 1. The van der Waals surface area contributed by atoms with Crippen molar-refractivity contribution in [2.24, 2.45) is 5.73 Å². The molecule has 0 radical (unpaired) electrons. The lowest BCUT2D eigenvalue weighted by Crippen LogP contribution is -2.50. The highest BCUT2D eigenvalue weighted by atomic mass is 19.4. The molecule has 0 aliphatic heterocycles. The molecule has 0 heterocycles. The molecule has 0 spiro atoms. The van der Waals surface area contributed by atoms with Gasteiger partial charge in [0.25, 0.3) is 0 Å². The van der Waals surface area contributed by atoms with Crippen molar-refractivity contribution in [3.63, 3.8) is 0 Å². The summed E-state index contributed by atoms with van der Waals surface area (Å²) in [6, 6.07) is 5.37. The van der Waals surface area contributed by atoms with Gasteiger partial charge in [-0.1, -0.05) is 12.1 Å². The third-order valence-electron chi connectivity index (χ3n) is 2.51. The molecule has 1 aromatic rings. The van der Waals surface area contributed by atoms with Crippen LogP contribution >= 0.6 is 0 Å². The van der Waals surface area contributed by atoms with Gasteiger partial charge in [0.05, 0.1) is 5.54 Å². The number of nitrogens with two attached hydrogens (primary N) is 1. The Morgan fingerprint density at radius 1 is 1.26 bits per heavy atom. The van der Waals surface area contributed by atoms with E-state index in [1.54, 1.807) is 13.8 Å². The van der Waals surface area contributed by atoms with Crippen molar-refractivity contribution in [3.8, 4) is 5.75 Å². The fraction of sp³-hybridized carbons (Fsp3) is 0.417. The quantitative estimate of drug-likeness (QED) is 0.863. The van der Waals surface area contributed by atoms with Crippen LogP contribution in [0.1, 0.15) is 19.4 Å². The maximum atomic E-state index is 11.9. The lowest BCUT2D eigenvalue weighted by atomic mass is 10.0. The molecule has 4 nitrogen and oxygen atoms in total. The highest BCUT2D eigenvalue weighted by molar-refractivity contribution is 5.83. The van der Waals surface area contributed by atoms with Crippen molar-refractivity contribution in [3.05, 3.63) is 29.8 Å². The van der Waals surface area contributed by atoms with Gasteiger partial charge in [0.2, 0.25) is 5.91 Å². The largest absolute Gasteiger partial charge is 0.573 e. The summed E-state index contributed by atoms with van der Waals surface area (Å²) in [5, 5.41) is 2.90. The molecule has 0 aliphatic rings. The van der Waals surface area contributed by atoms with Gasteiger partial charge in [-0.05, 0) is 31.5 Å². The van der Waals surface area contributed by atoms with E-state index in [1.807, 2.05) is 0 Å². The summed E-state index contributed by atoms with van der Waals surface area (Å²) in [5.74, 6) is -0.796. The Bertz CT molecular complexity index is 441. The smallest absolute Gasteiger partial charge is 0.406 e. The summed E-state index contributed by atoms with van der Waals surface area (Å²) in [5.41, 5.74) is 5.01. The summed E-state index contributed by atoms with van der Waals surface area (Å²) >= 11 is 0. The first-order chi connectivity index (χ1) is 8.60. The van der Waals surface area contributed by atoms with Crippen LogP contribution < -0.4 is 15.8 Å². The second kappa shape index (κ2) is 5.48. The van der Waals surface area contributed by atoms with Gasteiger partial charge >= 0.3 is 6.36 Å². The van der Waals surface area contributed by atoms with Gasteiger partial charge in [0.1, 0.15) is 5.75 Å². The van der Waals surface area contributed by atoms with E-state index in [-0.39, 0.29) is 5.75 Å². The molecule has 0 bridgehead atoms. The van der Waals surface area contributed by atoms with Crippen molar-refractivity contribution in [2.45, 2.75) is 32.3 Å². The minimum Gasteiger partial charge on any atom is -0.406 e. The first kappa shape index (κ1) is 15.3. The number of benzene rings is 1. The summed E-state index contributed by atoms with van der Waals surface area (Å²) in [4.78, 5) is 11.1. The Hall–Kier alpha value is -1.76. The number of carbonyl (C=O) groups is 1. The molecule has 0 unspecified atom stereocenters. The number of halogens is 3. The molecule has 0 saturated carbocycles. The average Bonchev–Trinajstić information content (AvgIpc) is 2.26. The lowest BCUT2D eigenvalue weighted by Gasteiger charge is -2.22. The number of hydrogen-bond donors (Lipinski definition) is 2. The summed E-state index contributed by atoms with van der Waals surface area (Å²) < 4.78 is 39.6. The van der Waals surface area contributed by atoms with Gasteiger partial charge in [-0.3, -0.25) is 10.1 Å². The Balaban J connectivity index is 2.61. The predicted octanol–water partition coefficient (Wildman–Crippen LogP) is 1.94. The normalized spacial score (nSPS) is 12.3. The number of amides is 1. The molecule has 1 amide bonds. The van der Waals surface area contributed by atoms with E-state index in [1.165, 1.54) is 24.3 Å². The van der Waals surface area contributed by atoms with Crippen LogP contribution in [0.25, 0.3) is 0 Å². The average molecular weight is 276 g/mol. The SMILES string of the molecule is CC(C)(NCc1ccc(OC(F)(F)F)cc1)C(N)=O. The second-order valence-corrected chi connectivity index (χ2v) is 4.53. The maximum absolute atomic E-state index is 11.9. The fourth-order valence-corrected chi connectivity index (χ4v) is 1.22. The number of hydrogen-bond acceptors (Lipinski definition) is 3. The molecule has 106 valence electrons. The standard InChI is InChI=1S/C12H15F3N2O2/c1-11(2,10(16)18)17-7-8-3-5-9(6-4-8)19-12(13,14)15/h3-6,17H,7H2,1-2H3,(H2,16,18). The summed E-state index contributed by atoms with van der Waals surface area (Å²) in [7, 11) is 0. The van der Waals surface area contributed by atoms with Crippen LogP contribution in [-0.4, -0.2) is 17.8 Å². The van der Waals surface area contributed by atoms with Crippen LogP contribution in [0.3, 0.4) is 0 Å². The molecule has 7 heteroatoms. The topological polar surface area (TPSA) is 64.3 Å². The molecule has 1 rings (SSSR count). The zero-order chi connectivity index (χ0) is 14.7. The number of ether oxygens (including phenoxy) is 1. The van der Waals surface area contributed by atoms with Crippen LogP contribution in [0.2, 0.25) is 0 Å². The van der Waals surface area contributed by atoms with Crippen LogP contribution in [0.5, 0.6) is 5.75 Å². The number of nitrogens with one attached hydrogen (secondary N) is 1. The lowest BCUT2D eigenvalue weighted by molar-refractivity contribution is -0.274. The van der Waals surface area contributed by atoms with Crippen LogP contribution in [-0.2, 0) is 11.3 Å². The molecule has 1 aromatic carbocycles. The fourth-order valence-electron chi connectivity index (χ4n) is 1.22. The van der Waals surface area contributed by atoms with E-state index in [4.69, 9.17) is 5.73 Å². The zero-order valence-corrected chi connectivity index (χ0v) is 10.5. The first-order valence-electron chi connectivity index (χ1n) is 5.50. The van der Waals surface area contributed by atoms with Crippen molar-refractivity contribution in [2.75, 3.05) is 0 Å². The number of primary amides is 1. The van der Waals surface area contributed by atoms with Gasteiger partial charge in [0.15, 0.2) is 0 Å². The molecule has 0 atom stereocenters. The van der Waals surface area contributed by atoms with E-state index < -0.39 is 17.8 Å². The van der Waals surface area contributed by atoms with E-state index >= 15 is 0 Å². The van der Waals surface area contributed by atoms with E-state index in [0.717, 1.165) is 0 Å². The molecule has 3 N–H and O–H groups in total. The molecule has 0 aromatic heterocycles. The van der Waals surface area contributed by atoms with Gasteiger partial charge in [-0.15, -0.1) is 13.2 Å². The van der Waals surface area contributed by atoms with Crippen molar-refractivity contribution >= 4 is 5.91 Å². The van der Waals surface area contributed by atoms with E-state index in [2.05, 4.69) is 10.1 Å². The molecular formula is C12H15F3N2O2. The molecule has 19 heavy (non-hydrogen) atoms. The molecule has 0 fully saturated rings. The Morgan fingerprint density at radius 3 is 2.21 bits per heavy atom. The van der Waals surface area contributed by atoms with E-state index in [9.17, 15) is 18.0 Å². The number of alkyl halides is 3. The van der Waals surface area contributed by atoms with Crippen molar-refractivity contribution < 1.29 is 22.7 Å². The van der Waals surface area contributed by atoms with Gasteiger partial charge in [-0.25, -0.2) is 0 Å².